The van der Waals surface area contributed by atoms with E-state index in [1.165, 1.54) is 0 Å². The van der Waals surface area contributed by atoms with Gasteiger partial charge in [0.2, 0.25) is 5.95 Å². The van der Waals surface area contributed by atoms with Gasteiger partial charge in [-0.05, 0) is 18.4 Å². The van der Waals surface area contributed by atoms with Crippen molar-refractivity contribution in [3.05, 3.63) is 41.1 Å². The summed E-state index contributed by atoms with van der Waals surface area (Å²) in [5.74, 6) is -2.76. The van der Waals surface area contributed by atoms with Crippen LogP contribution >= 0.6 is 0 Å². The van der Waals surface area contributed by atoms with Crippen molar-refractivity contribution in [1.29, 1.82) is 5.26 Å². The van der Waals surface area contributed by atoms with Gasteiger partial charge in [-0.15, -0.1) is 0 Å². The van der Waals surface area contributed by atoms with Crippen molar-refractivity contribution < 1.29 is 13.5 Å². The monoisotopic (exact) mass is 383 g/mol. The summed E-state index contributed by atoms with van der Waals surface area (Å²) >= 11 is 0. The van der Waals surface area contributed by atoms with Gasteiger partial charge in [0, 0.05) is 24.1 Å². The maximum absolute atomic E-state index is 14.4. The molecular weight excluding hydrogens is 364 g/mol. The van der Waals surface area contributed by atoms with Crippen LogP contribution in [0.15, 0.2) is 24.3 Å². The second-order valence-electron chi connectivity index (χ2n) is 7.76. The Bertz CT molecular complexity index is 981. The highest BCUT2D eigenvalue weighted by Crippen LogP contribution is 2.45. The van der Waals surface area contributed by atoms with E-state index >= 15 is 0 Å². The first kappa shape index (κ1) is 17.5. The second kappa shape index (κ2) is 5.93. The smallest absolute Gasteiger partial charge is 0.290 e. The van der Waals surface area contributed by atoms with E-state index in [4.69, 9.17) is 10.5 Å². The largest absolute Gasteiger partial charge is 0.377 e. The Kier molecular flexibility index (Phi) is 3.70. The van der Waals surface area contributed by atoms with E-state index in [1.54, 1.807) is 4.90 Å². The molecule has 5 rings (SSSR count). The summed E-state index contributed by atoms with van der Waals surface area (Å²) in [7, 11) is 0. The lowest BCUT2D eigenvalue weighted by Gasteiger charge is -2.38. The minimum Gasteiger partial charge on any atom is -0.377 e. The van der Waals surface area contributed by atoms with Crippen molar-refractivity contribution in [3.63, 3.8) is 0 Å². The normalized spacial score (nSPS) is 24.1. The molecule has 2 fully saturated rings. The van der Waals surface area contributed by atoms with Crippen LogP contribution in [0.4, 0.5) is 14.7 Å². The maximum atomic E-state index is 14.4. The van der Waals surface area contributed by atoms with Gasteiger partial charge in [0.15, 0.2) is 0 Å². The number of aromatic nitrogens is 2. The van der Waals surface area contributed by atoms with E-state index in [-0.39, 0.29) is 30.5 Å². The van der Waals surface area contributed by atoms with Gasteiger partial charge in [0.05, 0.1) is 30.5 Å². The van der Waals surface area contributed by atoms with E-state index in [0.717, 1.165) is 11.1 Å². The molecule has 2 N–H and O–H groups in total. The number of fused-ring (bicyclic) bond motifs is 1. The fraction of sp³-hybridized carbons (Fsp3) is 0.450. The van der Waals surface area contributed by atoms with Crippen molar-refractivity contribution in [3.8, 4) is 17.3 Å². The van der Waals surface area contributed by atoms with Gasteiger partial charge in [-0.3, -0.25) is 0 Å². The minimum absolute atomic E-state index is 0.206. The summed E-state index contributed by atoms with van der Waals surface area (Å²) in [6, 6.07) is 9.34. The standard InChI is InChI=1S/C20H19F2N5O/c21-20(22)7-5-15-16(12-1-3-13(4-2-12)19(24)10-28-11-19)25-18(26-17(15)20)27-8-6-14(27)9-23/h1-4,14H,5-8,10-11,24H2/t14-/m1/s1. The molecule has 0 spiro atoms. The van der Waals surface area contributed by atoms with Crippen LogP contribution in [0.25, 0.3) is 11.3 Å². The van der Waals surface area contributed by atoms with E-state index in [1.807, 2.05) is 24.3 Å². The summed E-state index contributed by atoms with van der Waals surface area (Å²) in [5.41, 5.74) is 8.29. The first-order chi connectivity index (χ1) is 13.4. The van der Waals surface area contributed by atoms with E-state index in [2.05, 4.69) is 16.0 Å². The topological polar surface area (TPSA) is 88.1 Å². The SMILES string of the molecule is N#C[C@H]1CCN1c1nc(-c2ccc(C3(N)COC3)cc2)c2c(n1)C(F)(F)CC2. The predicted octanol–water partition coefficient (Wildman–Crippen LogP) is 2.47. The van der Waals surface area contributed by atoms with E-state index in [0.29, 0.717) is 37.4 Å². The molecule has 0 bridgehead atoms. The van der Waals surface area contributed by atoms with Crippen LogP contribution in [-0.2, 0) is 22.6 Å². The van der Waals surface area contributed by atoms with Gasteiger partial charge < -0.3 is 15.4 Å². The van der Waals surface area contributed by atoms with Crippen LogP contribution < -0.4 is 10.6 Å². The molecule has 3 aliphatic rings. The number of rotatable bonds is 3. The Balaban J connectivity index is 1.59. The average molecular weight is 383 g/mol. The zero-order valence-corrected chi connectivity index (χ0v) is 15.2. The zero-order valence-electron chi connectivity index (χ0n) is 15.2. The van der Waals surface area contributed by atoms with E-state index < -0.39 is 11.5 Å². The van der Waals surface area contributed by atoms with Gasteiger partial charge in [-0.2, -0.15) is 14.0 Å². The van der Waals surface area contributed by atoms with Gasteiger partial charge in [0.25, 0.3) is 5.92 Å². The fourth-order valence-electron chi connectivity index (χ4n) is 3.99. The third-order valence-electron chi connectivity index (χ3n) is 5.91. The first-order valence-electron chi connectivity index (χ1n) is 9.34. The highest BCUT2D eigenvalue weighted by Gasteiger charge is 2.44. The number of alkyl halides is 2. The molecule has 6 nitrogen and oxygen atoms in total. The Hall–Kier alpha value is -2.63. The number of hydrogen-bond acceptors (Lipinski definition) is 6. The number of halogens is 2. The molecule has 1 aromatic heterocycles. The number of nitrogens with zero attached hydrogens (tertiary/aromatic N) is 4. The Morgan fingerprint density at radius 1 is 1.21 bits per heavy atom. The third-order valence-corrected chi connectivity index (χ3v) is 5.91. The molecule has 1 aliphatic carbocycles. The summed E-state index contributed by atoms with van der Waals surface area (Å²) in [6.07, 6.45) is 0.657. The minimum atomic E-state index is -2.97. The molecule has 28 heavy (non-hydrogen) atoms. The summed E-state index contributed by atoms with van der Waals surface area (Å²) in [4.78, 5) is 10.5. The van der Waals surface area contributed by atoms with Crippen LogP contribution in [-0.4, -0.2) is 35.8 Å². The lowest BCUT2D eigenvalue weighted by atomic mass is 9.88. The van der Waals surface area contributed by atoms with E-state index in [9.17, 15) is 14.0 Å². The molecule has 0 amide bonds. The molecule has 1 aromatic carbocycles. The molecule has 8 heteroatoms. The lowest BCUT2D eigenvalue weighted by molar-refractivity contribution is -0.0569. The lowest BCUT2D eigenvalue weighted by Crippen LogP contribution is -2.54. The van der Waals surface area contributed by atoms with Gasteiger partial charge in [-0.25, -0.2) is 9.97 Å². The van der Waals surface area contributed by atoms with Crippen molar-refractivity contribution >= 4 is 5.95 Å². The number of ether oxygens (including phenoxy) is 1. The maximum Gasteiger partial charge on any atom is 0.290 e. The highest BCUT2D eigenvalue weighted by molar-refractivity contribution is 5.68. The molecule has 0 saturated carbocycles. The summed E-state index contributed by atoms with van der Waals surface area (Å²) in [6.45, 7) is 1.53. The van der Waals surface area contributed by atoms with Crippen LogP contribution in [0.2, 0.25) is 0 Å². The Morgan fingerprint density at radius 3 is 2.54 bits per heavy atom. The van der Waals surface area contributed by atoms with Crippen molar-refractivity contribution in [2.45, 2.75) is 36.8 Å². The molecule has 3 heterocycles. The van der Waals surface area contributed by atoms with Crippen LogP contribution in [0.3, 0.4) is 0 Å². The second-order valence-corrected chi connectivity index (χ2v) is 7.76. The Labute approximate surface area is 160 Å². The van der Waals surface area contributed by atoms with Crippen molar-refractivity contribution in [1.82, 2.24) is 9.97 Å². The third kappa shape index (κ3) is 2.50. The molecule has 2 aliphatic heterocycles. The predicted molar refractivity (Wildman–Crippen MR) is 97.7 cm³/mol. The van der Waals surface area contributed by atoms with Gasteiger partial charge >= 0.3 is 0 Å². The summed E-state index contributed by atoms with van der Waals surface area (Å²) in [5, 5.41) is 9.22. The van der Waals surface area contributed by atoms with Gasteiger partial charge in [0.1, 0.15) is 11.7 Å². The fourth-order valence-corrected chi connectivity index (χ4v) is 3.99. The van der Waals surface area contributed by atoms with Crippen molar-refractivity contribution in [2.24, 2.45) is 5.73 Å². The number of benzene rings is 1. The first-order valence-corrected chi connectivity index (χ1v) is 9.34. The molecule has 144 valence electrons. The van der Waals surface area contributed by atoms with Crippen LogP contribution in [0.5, 0.6) is 0 Å². The molecule has 2 saturated heterocycles. The number of hydrogen-bond donors (Lipinski definition) is 1. The number of anilines is 1. The number of nitriles is 1. The Morgan fingerprint density at radius 2 is 1.96 bits per heavy atom. The van der Waals surface area contributed by atoms with Crippen LogP contribution in [0, 0.1) is 11.3 Å². The quantitative estimate of drug-likeness (QED) is 0.876. The molecule has 0 radical (unpaired) electrons. The van der Waals surface area contributed by atoms with Crippen molar-refractivity contribution in [2.75, 3.05) is 24.7 Å². The zero-order chi connectivity index (χ0) is 19.5. The molecule has 2 aromatic rings. The average Bonchev–Trinajstić information content (AvgIpc) is 2.94. The summed E-state index contributed by atoms with van der Waals surface area (Å²) < 4.78 is 34.1. The highest BCUT2D eigenvalue weighted by atomic mass is 19.3. The number of nitrogens with two attached hydrogens (primary N) is 1. The molecular formula is C20H19F2N5O. The van der Waals surface area contributed by atoms with Gasteiger partial charge in [-0.1, -0.05) is 24.3 Å². The van der Waals surface area contributed by atoms with Crippen LogP contribution in [0.1, 0.15) is 29.7 Å². The molecule has 0 unspecified atom stereocenters. The molecule has 1 atom stereocenters.